The van der Waals surface area contributed by atoms with E-state index in [1.54, 1.807) is 24.7 Å². The first-order valence-corrected chi connectivity index (χ1v) is 8.58. The van der Waals surface area contributed by atoms with Crippen molar-refractivity contribution in [2.75, 3.05) is 7.11 Å². The molecule has 134 valence electrons. The van der Waals surface area contributed by atoms with Crippen LogP contribution in [0.5, 0.6) is 5.75 Å². The van der Waals surface area contributed by atoms with Crippen molar-refractivity contribution in [3.05, 3.63) is 66.0 Å². The summed E-state index contributed by atoms with van der Waals surface area (Å²) in [6.07, 6.45) is 1.52. The Morgan fingerprint density at radius 1 is 1.19 bits per heavy atom. The summed E-state index contributed by atoms with van der Waals surface area (Å²) in [5.74, 6) is -1.74. The number of benzene rings is 2. The molecule has 1 heterocycles. The first kappa shape index (κ1) is 18.1. The van der Waals surface area contributed by atoms with Gasteiger partial charge >= 0.3 is 0 Å². The molecule has 0 fully saturated rings. The average Bonchev–Trinajstić information content (AvgIpc) is 3.11. The zero-order valence-corrected chi connectivity index (χ0v) is 14.8. The van der Waals surface area contributed by atoms with Gasteiger partial charge in [-0.05, 0) is 37.3 Å². The molecule has 3 rings (SSSR count). The molecule has 1 aromatic heterocycles. The van der Waals surface area contributed by atoms with Crippen LogP contribution in [0.3, 0.4) is 0 Å². The normalized spacial score (nSPS) is 12.0. The number of carbonyl (C=O) groups is 1. The van der Waals surface area contributed by atoms with Crippen LogP contribution >= 0.6 is 11.8 Å². The van der Waals surface area contributed by atoms with E-state index < -0.39 is 16.9 Å². The van der Waals surface area contributed by atoms with Crippen LogP contribution in [0.2, 0.25) is 0 Å². The Labute approximate surface area is 153 Å². The fraction of sp³-hybridized carbons (Fsp3) is 0.167. The molecular formula is C18H15F2N3O2S. The quantitative estimate of drug-likeness (QED) is 0.483. The Hall–Kier alpha value is -2.74. The number of nitrogens with zero attached hydrogens (tertiary/aromatic N) is 3. The Kier molecular flexibility index (Phi) is 5.32. The number of methoxy groups -OCH3 is 1. The number of carbonyl (C=O) groups excluding carboxylic acids is 1. The molecule has 0 unspecified atom stereocenters. The van der Waals surface area contributed by atoms with E-state index in [2.05, 4.69) is 10.2 Å². The van der Waals surface area contributed by atoms with Crippen molar-refractivity contribution in [3.63, 3.8) is 0 Å². The number of Topliss-reactive ketones (excluding diaryl/α,β-unsaturated/α-hetero) is 1. The van der Waals surface area contributed by atoms with Crippen molar-refractivity contribution in [2.45, 2.75) is 17.3 Å². The van der Waals surface area contributed by atoms with E-state index in [0.717, 1.165) is 17.8 Å². The second-order valence-corrected chi connectivity index (χ2v) is 6.72. The van der Waals surface area contributed by atoms with Crippen molar-refractivity contribution in [1.29, 1.82) is 0 Å². The topological polar surface area (TPSA) is 57.0 Å². The van der Waals surface area contributed by atoms with Crippen LogP contribution in [0.25, 0.3) is 5.69 Å². The number of para-hydroxylation sites is 2. The molecule has 0 spiro atoms. The minimum Gasteiger partial charge on any atom is -0.495 e. The van der Waals surface area contributed by atoms with Gasteiger partial charge in [-0.3, -0.25) is 9.36 Å². The van der Waals surface area contributed by atoms with Gasteiger partial charge in [0.15, 0.2) is 22.6 Å². The third-order valence-corrected chi connectivity index (χ3v) is 4.77. The summed E-state index contributed by atoms with van der Waals surface area (Å²) in [6.45, 7) is 1.68. The minimum atomic E-state index is -1.05. The Bertz CT molecular complexity index is 946. The van der Waals surface area contributed by atoms with E-state index in [0.29, 0.717) is 10.9 Å². The summed E-state index contributed by atoms with van der Waals surface area (Å²) in [7, 11) is 1.56. The van der Waals surface area contributed by atoms with E-state index in [1.807, 2.05) is 18.2 Å². The molecule has 26 heavy (non-hydrogen) atoms. The highest BCUT2D eigenvalue weighted by Crippen LogP contribution is 2.29. The van der Waals surface area contributed by atoms with Crippen LogP contribution in [0.15, 0.2) is 53.9 Å². The summed E-state index contributed by atoms with van der Waals surface area (Å²) < 4.78 is 33.5. The van der Waals surface area contributed by atoms with Crippen LogP contribution in [0.4, 0.5) is 8.78 Å². The molecule has 0 aliphatic rings. The predicted molar refractivity (Wildman–Crippen MR) is 93.9 cm³/mol. The van der Waals surface area contributed by atoms with Gasteiger partial charge in [-0.25, -0.2) is 8.78 Å². The third kappa shape index (κ3) is 3.60. The molecule has 0 amide bonds. The molecule has 0 saturated carbocycles. The van der Waals surface area contributed by atoms with Crippen molar-refractivity contribution in [1.82, 2.24) is 14.8 Å². The van der Waals surface area contributed by atoms with E-state index in [4.69, 9.17) is 4.74 Å². The number of ether oxygens (including phenoxy) is 1. The SMILES string of the molecule is COc1ccccc1-n1cnnc1S[C@@H](C)C(=O)c1ccc(F)c(F)c1. The number of aromatic nitrogens is 3. The molecule has 8 heteroatoms. The fourth-order valence-corrected chi connectivity index (χ4v) is 3.31. The summed E-state index contributed by atoms with van der Waals surface area (Å²) in [4.78, 5) is 12.5. The van der Waals surface area contributed by atoms with Gasteiger partial charge in [0.25, 0.3) is 0 Å². The number of halogens is 2. The molecule has 2 aromatic carbocycles. The highest BCUT2D eigenvalue weighted by molar-refractivity contribution is 8.00. The molecule has 5 nitrogen and oxygen atoms in total. The molecule has 0 radical (unpaired) electrons. The van der Waals surface area contributed by atoms with Gasteiger partial charge in [-0.2, -0.15) is 0 Å². The zero-order valence-electron chi connectivity index (χ0n) is 14.0. The Morgan fingerprint density at radius 2 is 1.96 bits per heavy atom. The number of hydrogen-bond acceptors (Lipinski definition) is 5. The van der Waals surface area contributed by atoms with E-state index in [9.17, 15) is 13.6 Å². The maximum Gasteiger partial charge on any atom is 0.196 e. The van der Waals surface area contributed by atoms with Gasteiger partial charge in [-0.15, -0.1) is 10.2 Å². The largest absolute Gasteiger partial charge is 0.495 e. The molecule has 3 aromatic rings. The van der Waals surface area contributed by atoms with Crippen molar-refractivity contribution in [3.8, 4) is 11.4 Å². The van der Waals surface area contributed by atoms with Crippen molar-refractivity contribution in [2.24, 2.45) is 0 Å². The van der Waals surface area contributed by atoms with Crippen LogP contribution in [-0.2, 0) is 0 Å². The lowest BCUT2D eigenvalue weighted by molar-refractivity contribution is 0.0993. The molecule has 0 N–H and O–H groups in total. The Morgan fingerprint density at radius 3 is 2.69 bits per heavy atom. The fourth-order valence-electron chi connectivity index (χ4n) is 2.39. The minimum absolute atomic E-state index is 0.104. The second kappa shape index (κ2) is 7.65. The Balaban J connectivity index is 1.84. The summed E-state index contributed by atoms with van der Waals surface area (Å²) in [5, 5.41) is 7.86. The summed E-state index contributed by atoms with van der Waals surface area (Å²) in [5.41, 5.74) is 0.835. The maximum absolute atomic E-state index is 13.4. The molecule has 0 aliphatic heterocycles. The van der Waals surface area contributed by atoms with Crippen LogP contribution in [0.1, 0.15) is 17.3 Å². The van der Waals surface area contributed by atoms with Crippen LogP contribution in [0, 0.1) is 11.6 Å². The second-order valence-electron chi connectivity index (χ2n) is 5.41. The zero-order chi connectivity index (χ0) is 18.7. The van der Waals surface area contributed by atoms with Gasteiger partial charge < -0.3 is 4.74 Å². The number of rotatable bonds is 6. The van der Waals surface area contributed by atoms with Gasteiger partial charge in [-0.1, -0.05) is 23.9 Å². The van der Waals surface area contributed by atoms with Crippen molar-refractivity contribution < 1.29 is 18.3 Å². The third-order valence-electron chi connectivity index (χ3n) is 3.72. The smallest absolute Gasteiger partial charge is 0.196 e. The standard InChI is InChI=1S/C18H15F2N3O2S/c1-11(17(24)12-7-8-13(19)14(20)9-12)26-18-22-21-10-23(18)15-5-3-4-6-16(15)25-2/h3-11H,1-2H3/t11-/m0/s1. The molecule has 1 atom stereocenters. The van der Waals surface area contributed by atoms with Crippen LogP contribution in [-0.4, -0.2) is 32.9 Å². The van der Waals surface area contributed by atoms with E-state index >= 15 is 0 Å². The summed E-state index contributed by atoms with van der Waals surface area (Å²) >= 11 is 1.17. The predicted octanol–water partition coefficient (Wildman–Crippen LogP) is 3.92. The molecule has 0 saturated heterocycles. The lowest BCUT2D eigenvalue weighted by atomic mass is 10.1. The number of ketones is 1. The lowest BCUT2D eigenvalue weighted by Crippen LogP contribution is -2.15. The summed E-state index contributed by atoms with van der Waals surface area (Å²) in [6, 6.07) is 10.4. The van der Waals surface area contributed by atoms with Crippen LogP contribution < -0.4 is 4.74 Å². The lowest BCUT2D eigenvalue weighted by Gasteiger charge is -2.13. The van der Waals surface area contributed by atoms with Crippen molar-refractivity contribution >= 4 is 17.5 Å². The molecule has 0 aliphatic carbocycles. The van der Waals surface area contributed by atoms with E-state index in [-0.39, 0.29) is 11.3 Å². The maximum atomic E-state index is 13.4. The highest BCUT2D eigenvalue weighted by Gasteiger charge is 2.21. The molecular weight excluding hydrogens is 360 g/mol. The van der Waals surface area contributed by atoms with Gasteiger partial charge in [0.05, 0.1) is 18.0 Å². The number of hydrogen-bond donors (Lipinski definition) is 0. The highest BCUT2D eigenvalue weighted by atomic mass is 32.2. The van der Waals surface area contributed by atoms with Gasteiger partial charge in [0.2, 0.25) is 0 Å². The first-order valence-electron chi connectivity index (χ1n) is 7.70. The number of thioether (sulfide) groups is 1. The van der Waals surface area contributed by atoms with Gasteiger partial charge in [0, 0.05) is 5.56 Å². The first-order chi connectivity index (χ1) is 12.5. The molecule has 0 bridgehead atoms. The monoisotopic (exact) mass is 375 g/mol. The van der Waals surface area contributed by atoms with Gasteiger partial charge in [0.1, 0.15) is 12.1 Å². The average molecular weight is 375 g/mol. The van der Waals surface area contributed by atoms with E-state index in [1.165, 1.54) is 24.2 Å².